The second-order valence-corrected chi connectivity index (χ2v) is 7.49. The molecule has 0 saturated carbocycles. The Morgan fingerprint density at radius 1 is 1.10 bits per heavy atom. The number of carbonyl (C=O) groups is 2. The number of ether oxygens (including phenoxy) is 1. The first-order valence-corrected chi connectivity index (χ1v) is 10.2. The number of hydrogen-bond donors (Lipinski definition) is 2. The van der Waals surface area contributed by atoms with Crippen molar-refractivity contribution in [1.82, 2.24) is 10.2 Å². The number of hydrogen-bond acceptors (Lipinski definition) is 3. The standard InChI is InChI=1S/C23H28FN3O3/c1-30-15-12-25-22(28)19-8-6-17(7-9-19)16-18-10-13-27(14-11-18)23(29)26-21-5-3-2-4-20(21)24/h2-9,18H,10-16H2,1H3,(H,25,28)(H,26,29). The largest absolute Gasteiger partial charge is 0.383 e. The van der Waals surface area contributed by atoms with Crippen molar-refractivity contribution in [2.75, 3.05) is 38.7 Å². The van der Waals surface area contributed by atoms with E-state index in [0.29, 0.717) is 37.7 Å². The number of carbonyl (C=O) groups excluding carboxylic acids is 2. The molecule has 1 aliphatic rings. The number of likely N-dealkylation sites (tertiary alicyclic amines) is 1. The summed E-state index contributed by atoms with van der Waals surface area (Å²) < 4.78 is 18.6. The summed E-state index contributed by atoms with van der Waals surface area (Å²) >= 11 is 0. The summed E-state index contributed by atoms with van der Waals surface area (Å²) in [6.07, 6.45) is 2.70. The van der Waals surface area contributed by atoms with Gasteiger partial charge >= 0.3 is 6.03 Å². The minimum atomic E-state index is -0.434. The summed E-state index contributed by atoms with van der Waals surface area (Å²) in [4.78, 5) is 26.2. The number of piperidine rings is 1. The fourth-order valence-corrected chi connectivity index (χ4v) is 3.59. The summed E-state index contributed by atoms with van der Waals surface area (Å²) in [5.74, 6) is -0.0618. The van der Waals surface area contributed by atoms with E-state index in [1.165, 1.54) is 11.6 Å². The first-order valence-electron chi connectivity index (χ1n) is 10.2. The van der Waals surface area contributed by atoms with Gasteiger partial charge in [0.1, 0.15) is 5.82 Å². The van der Waals surface area contributed by atoms with Crippen LogP contribution in [-0.4, -0.2) is 50.2 Å². The van der Waals surface area contributed by atoms with Crippen LogP contribution < -0.4 is 10.6 Å². The molecule has 6 nitrogen and oxygen atoms in total. The van der Waals surface area contributed by atoms with Gasteiger partial charge in [0, 0.05) is 32.3 Å². The van der Waals surface area contributed by atoms with Crippen molar-refractivity contribution in [3.8, 4) is 0 Å². The van der Waals surface area contributed by atoms with Gasteiger partial charge in [0.2, 0.25) is 0 Å². The molecule has 2 aromatic rings. The summed E-state index contributed by atoms with van der Waals surface area (Å²) in [6, 6.07) is 13.6. The third kappa shape index (κ3) is 6.03. The maximum atomic E-state index is 13.7. The highest BCUT2D eigenvalue weighted by Gasteiger charge is 2.23. The zero-order valence-electron chi connectivity index (χ0n) is 17.2. The highest BCUT2D eigenvalue weighted by Crippen LogP contribution is 2.23. The van der Waals surface area contributed by atoms with Gasteiger partial charge in [-0.05, 0) is 55.0 Å². The van der Waals surface area contributed by atoms with Crippen molar-refractivity contribution < 1.29 is 18.7 Å². The molecule has 0 spiro atoms. The average molecular weight is 413 g/mol. The van der Waals surface area contributed by atoms with Gasteiger partial charge in [0.25, 0.3) is 5.91 Å². The third-order valence-electron chi connectivity index (χ3n) is 5.35. The number of methoxy groups -OCH3 is 1. The molecule has 7 heteroatoms. The second kappa shape index (κ2) is 10.7. The highest BCUT2D eigenvalue weighted by molar-refractivity contribution is 5.94. The van der Waals surface area contributed by atoms with Crippen LogP contribution in [0.3, 0.4) is 0 Å². The van der Waals surface area contributed by atoms with Crippen LogP contribution in [0.2, 0.25) is 0 Å². The lowest BCUT2D eigenvalue weighted by Crippen LogP contribution is -2.41. The zero-order valence-corrected chi connectivity index (χ0v) is 17.2. The Hall–Kier alpha value is -2.93. The molecule has 3 rings (SSSR count). The van der Waals surface area contributed by atoms with E-state index in [1.807, 2.05) is 24.3 Å². The molecule has 0 atom stereocenters. The number of nitrogens with zero attached hydrogens (tertiary/aromatic N) is 1. The fourth-order valence-electron chi connectivity index (χ4n) is 3.59. The van der Waals surface area contributed by atoms with Gasteiger partial charge in [-0.3, -0.25) is 4.79 Å². The number of rotatable bonds is 7. The van der Waals surface area contributed by atoms with E-state index >= 15 is 0 Å². The van der Waals surface area contributed by atoms with Crippen molar-refractivity contribution in [3.05, 3.63) is 65.5 Å². The maximum Gasteiger partial charge on any atom is 0.321 e. The van der Waals surface area contributed by atoms with E-state index in [2.05, 4.69) is 10.6 Å². The number of para-hydroxylation sites is 1. The Kier molecular flexibility index (Phi) is 7.79. The normalized spacial score (nSPS) is 14.4. The molecule has 0 unspecified atom stereocenters. The van der Waals surface area contributed by atoms with Crippen LogP contribution in [0, 0.1) is 11.7 Å². The Balaban J connectivity index is 1.44. The number of nitrogens with one attached hydrogen (secondary N) is 2. The second-order valence-electron chi connectivity index (χ2n) is 7.49. The molecule has 2 N–H and O–H groups in total. The van der Waals surface area contributed by atoms with Crippen molar-refractivity contribution in [1.29, 1.82) is 0 Å². The molecule has 0 aromatic heterocycles. The van der Waals surface area contributed by atoms with E-state index in [9.17, 15) is 14.0 Å². The van der Waals surface area contributed by atoms with Crippen molar-refractivity contribution >= 4 is 17.6 Å². The zero-order chi connectivity index (χ0) is 21.3. The summed E-state index contributed by atoms with van der Waals surface area (Å²) in [5.41, 5.74) is 2.02. The number of anilines is 1. The molecule has 2 aromatic carbocycles. The first-order chi connectivity index (χ1) is 14.6. The van der Waals surface area contributed by atoms with Gasteiger partial charge in [-0.25, -0.2) is 9.18 Å². The molecule has 3 amide bonds. The quantitative estimate of drug-likeness (QED) is 0.680. The fraction of sp³-hybridized carbons (Fsp3) is 0.391. The van der Waals surface area contributed by atoms with Crippen LogP contribution in [0.4, 0.5) is 14.9 Å². The van der Waals surface area contributed by atoms with Crippen LogP contribution >= 0.6 is 0 Å². The smallest absolute Gasteiger partial charge is 0.321 e. The van der Waals surface area contributed by atoms with E-state index in [-0.39, 0.29) is 17.6 Å². The van der Waals surface area contributed by atoms with E-state index in [0.717, 1.165) is 19.3 Å². The Morgan fingerprint density at radius 2 is 1.80 bits per heavy atom. The highest BCUT2D eigenvalue weighted by atomic mass is 19.1. The third-order valence-corrected chi connectivity index (χ3v) is 5.35. The van der Waals surface area contributed by atoms with Gasteiger partial charge in [-0.1, -0.05) is 24.3 Å². The predicted octanol–water partition coefficient (Wildman–Crippen LogP) is 3.69. The number of benzene rings is 2. The van der Waals surface area contributed by atoms with Gasteiger partial charge in [0.15, 0.2) is 0 Å². The number of amides is 3. The van der Waals surface area contributed by atoms with Crippen LogP contribution in [-0.2, 0) is 11.2 Å². The van der Waals surface area contributed by atoms with Gasteiger partial charge in [-0.15, -0.1) is 0 Å². The monoisotopic (exact) mass is 413 g/mol. The van der Waals surface area contributed by atoms with Crippen LogP contribution in [0.5, 0.6) is 0 Å². The van der Waals surface area contributed by atoms with Gasteiger partial charge in [-0.2, -0.15) is 0 Å². The lowest BCUT2D eigenvalue weighted by molar-refractivity contribution is 0.0937. The molecule has 1 aliphatic heterocycles. The Labute approximate surface area is 176 Å². The predicted molar refractivity (Wildman–Crippen MR) is 114 cm³/mol. The van der Waals surface area contributed by atoms with Crippen LogP contribution in [0.15, 0.2) is 48.5 Å². The molecule has 0 bridgehead atoms. The Morgan fingerprint density at radius 3 is 2.47 bits per heavy atom. The lowest BCUT2D eigenvalue weighted by atomic mass is 9.90. The lowest BCUT2D eigenvalue weighted by Gasteiger charge is -2.32. The molecule has 1 fully saturated rings. The van der Waals surface area contributed by atoms with E-state index in [1.54, 1.807) is 30.2 Å². The molecular weight excluding hydrogens is 385 g/mol. The maximum absolute atomic E-state index is 13.7. The number of urea groups is 1. The molecule has 1 saturated heterocycles. The summed E-state index contributed by atoms with van der Waals surface area (Å²) in [7, 11) is 1.60. The Bertz CT molecular complexity index is 849. The van der Waals surface area contributed by atoms with Crippen molar-refractivity contribution in [2.24, 2.45) is 5.92 Å². The summed E-state index contributed by atoms with van der Waals surface area (Å²) in [6.45, 7) is 2.26. The molecule has 0 radical (unpaired) electrons. The summed E-state index contributed by atoms with van der Waals surface area (Å²) in [5, 5.41) is 5.45. The average Bonchev–Trinajstić information content (AvgIpc) is 2.76. The van der Waals surface area contributed by atoms with E-state index < -0.39 is 5.82 Å². The molecule has 160 valence electrons. The van der Waals surface area contributed by atoms with E-state index in [4.69, 9.17) is 4.74 Å². The molecular formula is C23H28FN3O3. The van der Waals surface area contributed by atoms with Gasteiger partial charge < -0.3 is 20.3 Å². The topological polar surface area (TPSA) is 70.7 Å². The van der Waals surface area contributed by atoms with Crippen LogP contribution in [0.25, 0.3) is 0 Å². The van der Waals surface area contributed by atoms with Crippen molar-refractivity contribution in [3.63, 3.8) is 0 Å². The minimum absolute atomic E-state index is 0.104. The van der Waals surface area contributed by atoms with Crippen LogP contribution in [0.1, 0.15) is 28.8 Å². The van der Waals surface area contributed by atoms with Crippen molar-refractivity contribution in [2.45, 2.75) is 19.3 Å². The van der Waals surface area contributed by atoms with Gasteiger partial charge in [0.05, 0.1) is 12.3 Å². The molecule has 30 heavy (non-hydrogen) atoms. The first kappa shape index (κ1) is 21.8. The minimum Gasteiger partial charge on any atom is -0.383 e. The molecule has 0 aliphatic carbocycles. The molecule has 1 heterocycles. The number of halogens is 1. The SMILES string of the molecule is COCCNC(=O)c1ccc(CC2CCN(C(=O)Nc3ccccc3F)CC2)cc1.